The SMILES string of the molecule is CCN(c1cc(C)ccc1C(=N)N)C(C)COC. The lowest BCUT2D eigenvalue weighted by Crippen LogP contribution is -2.37. The summed E-state index contributed by atoms with van der Waals surface area (Å²) in [6.45, 7) is 7.76. The maximum Gasteiger partial charge on any atom is 0.124 e. The van der Waals surface area contributed by atoms with Crippen LogP contribution in [0.2, 0.25) is 0 Å². The molecule has 4 nitrogen and oxygen atoms in total. The highest BCUT2D eigenvalue weighted by Gasteiger charge is 2.17. The molecule has 0 heterocycles. The minimum Gasteiger partial charge on any atom is -0.384 e. The van der Waals surface area contributed by atoms with E-state index in [9.17, 15) is 0 Å². The summed E-state index contributed by atoms with van der Waals surface area (Å²) < 4.78 is 5.21. The van der Waals surface area contributed by atoms with Crippen LogP contribution in [-0.4, -0.2) is 32.1 Å². The van der Waals surface area contributed by atoms with Crippen molar-refractivity contribution in [1.82, 2.24) is 0 Å². The fraction of sp³-hybridized carbons (Fsp3) is 0.500. The first-order valence-electron chi connectivity index (χ1n) is 6.21. The van der Waals surface area contributed by atoms with Crippen molar-refractivity contribution in [2.75, 3.05) is 25.2 Å². The standard InChI is InChI=1S/C14H23N3O/c1-5-17(11(3)9-18-4)13-8-10(2)6-7-12(13)14(15)16/h6-8,11H,5,9H2,1-4H3,(H3,15,16). The zero-order chi connectivity index (χ0) is 13.7. The molecule has 0 radical (unpaired) electrons. The van der Waals surface area contributed by atoms with Gasteiger partial charge in [-0.05, 0) is 38.5 Å². The Hall–Kier alpha value is -1.55. The van der Waals surface area contributed by atoms with Crippen LogP contribution in [0.4, 0.5) is 5.69 Å². The van der Waals surface area contributed by atoms with E-state index in [1.165, 1.54) is 0 Å². The number of nitrogens with two attached hydrogens (primary N) is 1. The van der Waals surface area contributed by atoms with Crippen molar-refractivity contribution >= 4 is 11.5 Å². The van der Waals surface area contributed by atoms with E-state index < -0.39 is 0 Å². The van der Waals surface area contributed by atoms with Crippen LogP contribution in [0.25, 0.3) is 0 Å². The van der Waals surface area contributed by atoms with Crippen LogP contribution >= 0.6 is 0 Å². The second kappa shape index (κ2) is 6.40. The molecule has 0 aromatic heterocycles. The molecule has 0 aliphatic carbocycles. The van der Waals surface area contributed by atoms with Gasteiger partial charge < -0.3 is 15.4 Å². The summed E-state index contributed by atoms with van der Waals surface area (Å²) in [5.41, 5.74) is 8.61. The lowest BCUT2D eigenvalue weighted by Gasteiger charge is -2.31. The maximum absolute atomic E-state index is 7.68. The van der Waals surface area contributed by atoms with Crippen LogP contribution in [0, 0.1) is 12.3 Å². The number of hydrogen-bond donors (Lipinski definition) is 2. The summed E-state index contributed by atoms with van der Waals surface area (Å²) in [6, 6.07) is 6.22. The van der Waals surface area contributed by atoms with Crippen molar-refractivity contribution in [2.24, 2.45) is 5.73 Å². The molecule has 4 heteroatoms. The fourth-order valence-electron chi connectivity index (χ4n) is 2.16. The van der Waals surface area contributed by atoms with Gasteiger partial charge in [-0.2, -0.15) is 0 Å². The predicted molar refractivity (Wildman–Crippen MR) is 76.6 cm³/mol. The number of benzene rings is 1. The van der Waals surface area contributed by atoms with Crippen LogP contribution in [0.5, 0.6) is 0 Å². The van der Waals surface area contributed by atoms with E-state index in [-0.39, 0.29) is 11.9 Å². The highest BCUT2D eigenvalue weighted by atomic mass is 16.5. The number of anilines is 1. The highest BCUT2D eigenvalue weighted by Crippen LogP contribution is 2.24. The van der Waals surface area contributed by atoms with Gasteiger partial charge in [-0.25, -0.2) is 0 Å². The smallest absolute Gasteiger partial charge is 0.124 e. The van der Waals surface area contributed by atoms with E-state index in [2.05, 4.69) is 24.8 Å². The largest absolute Gasteiger partial charge is 0.384 e. The van der Waals surface area contributed by atoms with Crippen molar-refractivity contribution in [3.05, 3.63) is 29.3 Å². The zero-order valence-corrected chi connectivity index (χ0v) is 11.7. The van der Waals surface area contributed by atoms with Gasteiger partial charge in [-0.1, -0.05) is 6.07 Å². The zero-order valence-electron chi connectivity index (χ0n) is 11.7. The molecule has 0 aliphatic heterocycles. The monoisotopic (exact) mass is 249 g/mol. The van der Waals surface area contributed by atoms with Crippen LogP contribution in [0.15, 0.2) is 18.2 Å². The number of likely N-dealkylation sites (N-methyl/N-ethyl adjacent to an activating group) is 1. The Morgan fingerprint density at radius 3 is 2.67 bits per heavy atom. The van der Waals surface area contributed by atoms with Crippen molar-refractivity contribution in [1.29, 1.82) is 5.41 Å². The van der Waals surface area contributed by atoms with E-state index in [0.717, 1.165) is 23.4 Å². The lowest BCUT2D eigenvalue weighted by molar-refractivity contribution is 0.182. The third-order valence-corrected chi connectivity index (χ3v) is 3.03. The fourth-order valence-corrected chi connectivity index (χ4v) is 2.16. The molecular weight excluding hydrogens is 226 g/mol. The molecule has 3 N–H and O–H groups in total. The van der Waals surface area contributed by atoms with Crippen LogP contribution < -0.4 is 10.6 Å². The van der Waals surface area contributed by atoms with E-state index in [1.807, 2.05) is 19.1 Å². The van der Waals surface area contributed by atoms with Crippen LogP contribution in [-0.2, 0) is 4.74 Å². The molecule has 1 unspecified atom stereocenters. The number of amidine groups is 1. The van der Waals surface area contributed by atoms with Crippen molar-refractivity contribution in [3.63, 3.8) is 0 Å². The Bertz CT molecular complexity index is 418. The summed E-state index contributed by atoms with van der Waals surface area (Å²) in [5, 5.41) is 7.68. The molecule has 0 fully saturated rings. The molecule has 1 atom stereocenters. The summed E-state index contributed by atoms with van der Waals surface area (Å²) in [7, 11) is 1.70. The molecule has 1 rings (SSSR count). The number of nitrogen functional groups attached to an aromatic ring is 1. The van der Waals surface area contributed by atoms with Gasteiger partial charge >= 0.3 is 0 Å². The third kappa shape index (κ3) is 3.23. The first kappa shape index (κ1) is 14.5. The number of methoxy groups -OCH3 is 1. The van der Waals surface area contributed by atoms with Crippen LogP contribution in [0.3, 0.4) is 0 Å². The minimum absolute atomic E-state index is 0.105. The molecule has 0 aliphatic rings. The summed E-state index contributed by atoms with van der Waals surface area (Å²) in [6.07, 6.45) is 0. The van der Waals surface area contributed by atoms with Gasteiger partial charge in [-0.3, -0.25) is 5.41 Å². The Labute approximate surface area is 109 Å². The molecule has 0 amide bonds. The van der Waals surface area contributed by atoms with Gasteiger partial charge in [0.2, 0.25) is 0 Å². The number of ether oxygens (including phenoxy) is 1. The van der Waals surface area contributed by atoms with Gasteiger partial charge in [0.1, 0.15) is 5.84 Å². The van der Waals surface area contributed by atoms with E-state index in [1.54, 1.807) is 7.11 Å². The molecule has 1 aromatic carbocycles. The molecule has 0 bridgehead atoms. The maximum atomic E-state index is 7.68. The number of hydrogen-bond acceptors (Lipinski definition) is 3. The molecule has 100 valence electrons. The molecule has 0 spiro atoms. The third-order valence-electron chi connectivity index (χ3n) is 3.03. The van der Waals surface area contributed by atoms with Crippen LogP contribution in [0.1, 0.15) is 25.0 Å². The van der Waals surface area contributed by atoms with Gasteiger partial charge in [0.15, 0.2) is 0 Å². The lowest BCUT2D eigenvalue weighted by atomic mass is 10.1. The summed E-state index contributed by atoms with van der Waals surface area (Å²) in [4.78, 5) is 2.22. The summed E-state index contributed by atoms with van der Waals surface area (Å²) >= 11 is 0. The summed E-state index contributed by atoms with van der Waals surface area (Å²) in [5.74, 6) is 0.105. The minimum atomic E-state index is 0.105. The average molecular weight is 249 g/mol. The van der Waals surface area contributed by atoms with Crippen molar-refractivity contribution in [3.8, 4) is 0 Å². The van der Waals surface area contributed by atoms with Gasteiger partial charge in [0, 0.05) is 30.9 Å². The first-order valence-corrected chi connectivity index (χ1v) is 6.21. The highest BCUT2D eigenvalue weighted by molar-refractivity contribution is 6.00. The average Bonchev–Trinajstić information content (AvgIpc) is 2.30. The second-order valence-corrected chi connectivity index (χ2v) is 4.52. The Balaban J connectivity index is 3.18. The normalized spacial score (nSPS) is 12.2. The van der Waals surface area contributed by atoms with E-state index >= 15 is 0 Å². The number of rotatable bonds is 6. The number of nitrogens with one attached hydrogen (secondary N) is 1. The van der Waals surface area contributed by atoms with Crippen molar-refractivity contribution < 1.29 is 4.74 Å². The van der Waals surface area contributed by atoms with Gasteiger partial charge in [-0.15, -0.1) is 0 Å². The number of nitrogens with zero attached hydrogens (tertiary/aromatic N) is 1. The van der Waals surface area contributed by atoms with E-state index in [4.69, 9.17) is 15.9 Å². The van der Waals surface area contributed by atoms with Crippen molar-refractivity contribution in [2.45, 2.75) is 26.8 Å². The quantitative estimate of drug-likeness (QED) is 0.600. The van der Waals surface area contributed by atoms with E-state index in [0.29, 0.717) is 6.61 Å². The topological polar surface area (TPSA) is 62.3 Å². The molecule has 0 saturated heterocycles. The number of aryl methyl sites for hydroxylation is 1. The van der Waals surface area contributed by atoms with Gasteiger partial charge in [0.25, 0.3) is 0 Å². The first-order chi connectivity index (χ1) is 8.51. The predicted octanol–water partition coefficient (Wildman–Crippen LogP) is 2.14. The Kier molecular flexibility index (Phi) is 5.16. The Morgan fingerprint density at radius 1 is 1.50 bits per heavy atom. The second-order valence-electron chi connectivity index (χ2n) is 4.52. The van der Waals surface area contributed by atoms with Gasteiger partial charge in [0.05, 0.1) is 6.61 Å². The Morgan fingerprint density at radius 2 is 2.17 bits per heavy atom. The molecule has 18 heavy (non-hydrogen) atoms. The molecule has 0 saturated carbocycles. The molecule has 1 aromatic rings. The molecular formula is C14H23N3O.